The smallest absolute Gasteiger partial charge is 0.132 e. The van der Waals surface area contributed by atoms with Crippen LogP contribution >= 0.6 is 0 Å². The van der Waals surface area contributed by atoms with Gasteiger partial charge in [-0.3, -0.25) is 10.00 Å². The van der Waals surface area contributed by atoms with Gasteiger partial charge in [-0.25, -0.2) is 9.97 Å². The second-order valence-corrected chi connectivity index (χ2v) is 11.0. The molecule has 34 heavy (non-hydrogen) atoms. The number of ether oxygens (including phenoxy) is 1. The molecular weight excluding hydrogens is 424 g/mol. The molecule has 7 nitrogen and oxygen atoms in total. The average molecular weight is 461 g/mol. The lowest BCUT2D eigenvalue weighted by Crippen LogP contribution is -2.48. The van der Waals surface area contributed by atoms with E-state index in [2.05, 4.69) is 55.9 Å². The Balaban J connectivity index is 1.14. The van der Waals surface area contributed by atoms with Gasteiger partial charge in [-0.05, 0) is 62.6 Å². The van der Waals surface area contributed by atoms with Gasteiger partial charge in [0, 0.05) is 44.2 Å². The predicted octanol–water partition coefficient (Wildman–Crippen LogP) is 4.90. The highest BCUT2D eigenvalue weighted by Gasteiger charge is 2.40. The number of aromatic amines is 1. The highest BCUT2D eigenvalue weighted by molar-refractivity contribution is 5.93. The van der Waals surface area contributed by atoms with Gasteiger partial charge in [-0.1, -0.05) is 19.8 Å². The molecule has 2 aliphatic carbocycles. The Kier molecular flexibility index (Phi) is 5.68. The molecular formula is C27H36N6O. The van der Waals surface area contributed by atoms with Crippen LogP contribution in [0.5, 0.6) is 5.75 Å². The zero-order valence-corrected chi connectivity index (χ0v) is 20.5. The van der Waals surface area contributed by atoms with Crippen molar-refractivity contribution >= 4 is 16.7 Å². The molecule has 7 heteroatoms. The van der Waals surface area contributed by atoms with Crippen LogP contribution in [0.2, 0.25) is 0 Å². The molecule has 0 atom stereocenters. The number of nitrogens with one attached hydrogen (secondary N) is 1. The maximum atomic E-state index is 6.18. The number of aromatic nitrogens is 4. The van der Waals surface area contributed by atoms with Crippen molar-refractivity contribution in [1.82, 2.24) is 25.1 Å². The quantitative estimate of drug-likeness (QED) is 0.564. The summed E-state index contributed by atoms with van der Waals surface area (Å²) in [5.41, 5.74) is 2.70. The third-order valence-corrected chi connectivity index (χ3v) is 8.10. The van der Waals surface area contributed by atoms with Crippen molar-refractivity contribution in [2.75, 3.05) is 37.6 Å². The van der Waals surface area contributed by atoms with Crippen molar-refractivity contribution in [1.29, 1.82) is 0 Å². The second kappa shape index (κ2) is 8.84. The Morgan fingerprint density at radius 1 is 1.03 bits per heavy atom. The van der Waals surface area contributed by atoms with Crippen LogP contribution in [-0.2, 0) is 0 Å². The number of rotatable bonds is 6. The molecule has 1 aromatic carbocycles. The molecule has 3 aliphatic rings. The van der Waals surface area contributed by atoms with E-state index in [9.17, 15) is 0 Å². The third kappa shape index (κ3) is 4.63. The van der Waals surface area contributed by atoms with Gasteiger partial charge < -0.3 is 9.64 Å². The van der Waals surface area contributed by atoms with Gasteiger partial charge in [0.25, 0.3) is 0 Å². The fraction of sp³-hybridized carbons (Fsp3) is 0.593. The monoisotopic (exact) mass is 460 g/mol. The van der Waals surface area contributed by atoms with E-state index in [1.807, 2.05) is 12.1 Å². The Hall–Kier alpha value is -2.67. The molecule has 0 spiro atoms. The van der Waals surface area contributed by atoms with E-state index in [0.29, 0.717) is 0 Å². The molecule has 3 heterocycles. The van der Waals surface area contributed by atoms with Gasteiger partial charge in [0.2, 0.25) is 0 Å². The predicted molar refractivity (Wildman–Crippen MR) is 135 cm³/mol. The number of hydrogen-bond acceptors (Lipinski definition) is 6. The lowest BCUT2D eigenvalue weighted by atomic mass is 9.83. The maximum absolute atomic E-state index is 6.18. The first-order valence-electron chi connectivity index (χ1n) is 13.0. The van der Waals surface area contributed by atoms with Crippen molar-refractivity contribution in [3.05, 3.63) is 30.6 Å². The minimum absolute atomic E-state index is 0.00276. The summed E-state index contributed by atoms with van der Waals surface area (Å²) in [5.74, 6) is 3.70. The lowest BCUT2D eigenvalue weighted by molar-refractivity contribution is 0.177. The minimum atomic E-state index is -0.00276. The molecule has 1 N–H and O–H groups in total. The standard InChI is InChI=1S/C27H36N6O/c1-19-3-5-20(6-4-19)17-32-11-13-33(14-12-32)25-16-24(28-18-29-25)26-22-15-21(34-27(2)9-10-27)7-8-23(22)30-31-26/h7-8,15-16,18-20H,3-6,9-14,17H2,1-2H3,(H,30,31). The summed E-state index contributed by atoms with van der Waals surface area (Å²) in [6.45, 7) is 10.1. The summed E-state index contributed by atoms with van der Waals surface area (Å²) in [5, 5.41) is 8.78. The zero-order chi connectivity index (χ0) is 23.1. The van der Waals surface area contributed by atoms with Crippen LogP contribution in [-0.4, -0.2) is 63.4 Å². The molecule has 2 saturated carbocycles. The Morgan fingerprint density at radius 2 is 1.82 bits per heavy atom. The molecule has 0 bridgehead atoms. The highest BCUT2D eigenvalue weighted by atomic mass is 16.5. The fourth-order valence-electron chi connectivity index (χ4n) is 5.50. The van der Waals surface area contributed by atoms with E-state index in [1.165, 1.54) is 32.2 Å². The van der Waals surface area contributed by atoms with Crippen molar-refractivity contribution < 1.29 is 4.74 Å². The zero-order valence-electron chi connectivity index (χ0n) is 20.5. The molecule has 2 aromatic heterocycles. The SMILES string of the molecule is CC1CCC(CN2CCN(c3cc(-c4n[nH]c5ccc(OC6(C)CC6)cc45)ncn3)CC2)CC1. The van der Waals surface area contributed by atoms with Crippen molar-refractivity contribution in [2.24, 2.45) is 11.8 Å². The van der Waals surface area contributed by atoms with E-state index in [1.54, 1.807) is 6.33 Å². The molecule has 3 fully saturated rings. The number of H-pyrrole nitrogens is 1. The molecule has 3 aromatic rings. The van der Waals surface area contributed by atoms with E-state index in [0.717, 1.165) is 84.7 Å². The van der Waals surface area contributed by atoms with Crippen molar-refractivity contribution in [2.45, 2.75) is 58.0 Å². The molecule has 1 aliphatic heterocycles. The first kappa shape index (κ1) is 21.8. The topological polar surface area (TPSA) is 70.2 Å². The van der Waals surface area contributed by atoms with Crippen molar-refractivity contribution in [3.63, 3.8) is 0 Å². The Labute approximate surface area is 201 Å². The molecule has 6 rings (SSSR count). The number of benzene rings is 1. The molecule has 1 saturated heterocycles. The maximum Gasteiger partial charge on any atom is 0.132 e. The number of hydrogen-bond donors (Lipinski definition) is 1. The number of fused-ring (bicyclic) bond motifs is 1. The summed E-state index contributed by atoms with van der Waals surface area (Å²) >= 11 is 0. The molecule has 0 radical (unpaired) electrons. The van der Waals surface area contributed by atoms with Gasteiger partial charge in [-0.15, -0.1) is 0 Å². The second-order valence-electron chi connectivity index (χ2n) is 11.0. The van der Waals surface area contributed by atoms with Gasteiger partial charge in [0.05, 0.1) is 11.2 Å². The summed E-state index contributed by atoms with van der Waals surface area (Å²) < 4.78 is 6.18. The normalized spacial score (nSPS) is 24.9. The van der Waals surface area contributed by atoms with Crippen LogP contribution in [0.1, 0.15) is 52.4 Å². The fourth-order valence-corrected chi connectivity index (χ4v) is 5.50. The Bertz CT molecular complexity index is 1140. The lowest BCUT2D eigenvalue weighted by Gasteiger charge is -2.38. The number of piperazine rings is 1. The highest BCUT2D eigenvalue weighted by Crippen LogP contribution is 2.40. The largest absolute Gasteiger partial charge is 0.488 e. The van der Waals surface area contributed by atoms with Gasteiger partial charge in [-0.2, -0.15) is 5.10 Å². The van der Waals surface area contributed by atoms with E-state index < -0.39 is 0 Å². The van der Waals surface area contributed by atoms with E-state index in [-0.39, 0.29) is 5.60 Å². The minimum Gasteiger partial charge on any atom is -0.488 e. The van der Waals surface area contributed by atoms with Crippen LogP contribution in [0.4, 0.5) is 5.82 Å². The third-order valence-electron chi connectivity index (χ3n) is 8.10. The van der Waals surface area contributed by atoms with Crippen LogP contribution in [0, 0.1) is 11.8 Å². The Morgan fingerprint density at radius 3 is 2.59 bits per heavy atom. The molecule has 0 unspecified atom stereocenters. The van der Waals surface area contributed by atoms with Gasteiger partial charge >= 0.3 is 0 Å². The molecule has 0 amide bonds. The van der Waals surface area contributed by atoms with E-state index in [4.69, 9.17) is 4.74 Å². The first-order valence-corrected chi connectivity index (χ1v) is 13.0. The van der Waals surface area contributed by atoms with Crippen LogP contribution < -0.4 is 9.64 Å². The van der Waals surface area contributed by atoms with Gasteiger partial charge in [0.1, 0.15) is 29.2 Å². The molecule has 180 valence electrons. The number of nitrogens with zero attached hydrogens (tertiary/aromatic N) is 5. The van der Waals surface area contributed by atoms with Crippen molar-refractivity contribution in [3.8, 4) is 17.1 Å². The number of anilines is 1. The summed E-state index contributed by atoms with van der Waals surface area (Å²) in [4.78, 5) is 14.2. The summed E-state index contributed by atoms with van der Waals surface area (Å²) in [6.07, 6.45) is 9.52. The van der Waals surface area contributed by atoms with Crippen LogP contribution in [0.25, 0.3) is 22.3 Å². The summed E-state index contributed by atoms with van der Waals surface area (Å²) in [7, 11) is 0. The average Bonchev–Trinajstić information content (AvgIpc) is 3.43. The van der Waals surface area contributed by atoms with Crippen LogP contribution in [0.3, 0.4) is 0 Å². The first-order chi connectivity index (χ1) is 16.5. The van der Waals surface area contributed by atoms with E-state index >= 15 is 0 Å². The summed E-state index contributed by atoms with van der Waals surface area (Å²) in [6, 6.07) is 8.24. The van der Waals surface area contributed by atoms with Crippen LogP contribution in [0.15, 0.2) is 30.6 Å². The van der Waals surface area contributed by atoms with Gasteiger partial charge in [0.15, 0.2) is 0 Å².